The Morgan fingerprint density at radius 2 is 2.38 bits per heavy atom. The molecule has 0 saturated carbocycles. The summed E-state index contributed by atoms with van der Waals surface area (Å²) in [4.78, 5) is 14.3. The molecule has 3 N–H and O–H groups in total. The maximum atomic E-state index is 10.7. The molecular weight excluding hydrogens is 170 g/mol. The number of carboxylic acid groups (broad SMARTS) is 1. The van der Waals surface area contributed by atoms with Gasteiger partial charge in [0, 0.05) is 0 Å². The highest BCUT2D eigenvalue weighted by atomic mass is 16.4. The minimum absolute atomic E-state index is 0.0864. The molecule has 5 heteroatoms. The fourth-order valence-corrected chi connectivity index (χ4v) is 1.05. The van der Waals surface area contributed by atoms with Gasteiger partial charge in [-0.05, 0) is 18.6 Å². The maximum absolute atomic E-state index is 10.7. The van der Waals surface area contributed by atoms with E-state index in [2.05, 4.69) is 4.98 Å². The van der Waals surface area contributed by atoms with Crippen LogP contribution in [0.2, 0.25) is 0 Å². The van der Waals surface area contributed by atoms with Gasteiger partial charge in [-0.1, -0.05) is 0 Å². The lowest BCUT2D eigenvalue weighted by Crippen LogP contribution is -2.07. The van der Waals surface area contributed by atoms with E-state index in [1.54, 1.807) is 13.0 Å². The average Bonchev–Trinajstić information content (AvgIpc) is 2.01. The third kappa shape index (κ3) is 1.56. The van der Waals surface area contributed by atoms with E-state index in [1.165, 1.54) is 6.07 Å². The van der Waals surface area contributed by atoms with E-state index in [4.69, 9.17) is 16.1 Å². The second-order valence-electron chi connectivity index (χ2n) is 2.50. The van der Waals surface area contributed by atoms with Gasteiger partial charge in [-0.15, -0.1) is 0 Å². The number of aromatic carboxylic acids is 1. The first-order valence-electron chi connectivity index (χ1n) is 3.46. The number of nitrogen functional groups attached to an aromatic ring is 1. The Morgan fingerprint density at radius 3 is 2.85 bits per heavy atom. The van der Waals surface area contributed by atoms with Crippen LogP contribution >= 0.6 is 0 Å². The second kappa shape index (κ2) is 3.11. The van der Waals surface area contributed by atoms with Gasteiger partial charge in [-0.3, -0.25) is 0 Å². The van der Waals surface area contributed by atoms with Crippen LogP contribution < -0.4 is 5.73 Å². The van der Waals surface area contributed by atoms with Crippen LogP contribution in [-0.2, 0) is 0 Å². The molecule has 0 aliphatic rings. The van der Waals surface area contributed by atoms with Gasteiger partial charge in [0.1, 0.15) is 11.9 Å². The van der Waals surface area contributed by atoms with Gasteiger partial charge in [-0.2, -0.15) is 5.26 Å². The number of carboxylic acids is 1. The monoisotopic (exact) mass is 177 g/mol. The number of aromatic nitrogens is 1. The second-order valence-corrected chi connectivity index (χ2v) is 2.50. The third-order valence-corrected chi connectivity index (χ3v) is 1.56. The van der Waals surface area contributed by atoms with E-state index in [0.29, 0.717) is 5.56 Å². The number of hydrogen-bond acceptors (Lipinski definition) is 4. The van der Waals surface area contributed by atoms with Gasteiger partial charge in [0.15, 0.2) is 5.69 Å². The van der Waals surface area contributed by atoms with Crippen molar-refractivity contribution in [3.05, 3.63) is 22.9 Å². The number of carbonyl (C=O) groups is 1. The number of nitrogens with two attached hydrogens (primary N) is 1. The molecule has 0 unspecified atom stereocenters. The van der Waals surface area contributed by atoms with Crippen molar-refractivity contribution in [2.24, 2.45) is 0 Å². The molecule has 0 radical (unpaired) electrons. The van der Waals surface area contributed by atoms with Crippen LogP contribution in [-0.4, -0.2) is 16.1 Å². The number of anilines is 1. The summed E-state index contributed by atoms with van der Waals surface area (Å²) < 4.78 is 0. The first-order valence-corrected chi connectivity index (χ1v) is 3.46. The van der Waals surface area contributed by atoms with E-state index in [1.807, 2.05) is 0 Å². The van der Waals surface area contributed by atoms with E-state index in [-0.39, 0.29) is 17.1 Å². The molecule has 0 aliphatic heterocycles. The van der Waals surface area contributed by atoms with Crippen LogP contribution in [0, 0.1) is 18.3 Å². The van der Waals surface area contributed by atoms with Gasteiger partial charge >= 0.3 is 5.97 Å². The number of aryl methyl sites for hydroxylation is 1. The third-order valence-electron chi connectivity index (χ3n) is 1.56. The highest BCUT2D eigenvalue weighted by molar-refractivity contribution is 5.91. The van der Waals surface area contributed by atoms with Crippen LogP contribution in [0.4, 0.5) is 5.82 Å². The van der Waals surface area contributed by atoms with Crippen molar-refractivity contribution < 1.29 is 9.90 Å². The summed E-state index contributed by atoms with van der Waals surface area (Å²) in [5.41, 5.74) is 5.56. The molecule has 0 aliphatic carbocycles. The molecule has 0 saturated heterocycles. The molecule has 5 nitrogen and oxygen atoms in total. The molecule has 13 heavy (non-hydrogen) atoms. The Balaban J connectivity index is 3.50. The lowest BCUT2D eigenvalue weighted by Gasteiger charge is -2.02. The van der Waals surface area contributed by atoms with Gasteiger partial charge in [0.05, 0.1) is 5.56 Å². The Morgan fingerprint density at radius 1 is 1.77 bits per heavy atom. The lowest BCUT2D eigenvalue weighted by molar-refractivity contribution is 0.0695. The molecule has 0 atom stereocenters. The molecule has 1 aromatic heterocycles. The summed E-state index contributed by atoms with van der Waals surface area (Å²) >= 11 is 0. The number of pyridine rings is 1. The normalized spacial score (nSPS) is 9.23. The molecular formula is C8H7N3O2. The van der Waals surface area contributed by atoms with Crippen LogP contribution in [0.1, 0.15) is 21.6 Å². The number of hydrogen-bond donors (Lipinski definition) is 2. The molecule has 0 fully saturated rings. The summed E-state index contributed by atoms with van der Waals surface area (Å²) in [6.07, 6.45) is 0. The molecule has 1 aromatic rings. The summed E-state index contributed by atoms with van der Waals surface area (Å²) in [6.45, 7) is 1.57. The highest BCUT2D eigenvalue weighted by Crippen LogP contribution is 2.14. The van der Waals surface area contributed by atoms with Crippen LogP contribution in [0.3, 0.4) is 0 Å². The summed E-state index contributed by atoms with van der Waals surface area (Å²) in [7, 11) is 0. The fraction of sp³-hybridized carbons (Fsp3) is 0.125. The van der Waals surface area contributed by atoms with E-state index in [0.717, 1.165) is 0 Å². The van der Waals surface area contributed by atoms with Crippen LogP contribution in [0.25, 0.3) is 0 Å². The molecule has 0 bridgehead atoms. The Hall–Kier alpha value is -2.09. The smallest absolute Gasteiger partial charge is 0.338 e. The van der Waals surface area contributed by atoms with Crippen LogP contribution in [0.15, 0.2) is 6.07 Å². The number of rotatable bonds is 1. The topological polar surface area (TPSA) is 100 Å². The standard InChI is InChI=1S/C8H7N3O2/c1-4-2-6(10)11-5(3-9)7(4)8(12)13/h2H,1H3,(H2,10,11)(H,12,13). The zero-order valence-electron chi connectivity index (χ0n) is 6.90. The summed E-state index contributed by atoms with van der Waals surface area (Å²) in [5, 5.41) is 17.3. The molecule has 1 rings (SSSR count). The largest absolute Gasteiger partial charge is 0.478 e. The minimum atomic E-state index is -1.17. The lowest BCUT2D eigenvalue weighted by atomic mass is 10.1. The van der Waals surface area contributed by atoms with Gasteiger partial charge < -0.3 is 10.8 Å². The van der Waals surface area contributed by atoms with Crippen molar-refractivity contribution in [1.29, 1.82) is 5.26 Å². The quantitative estimate of drug-likeness (QED) is 0.652. The van der Waals surface area contributed by atoms with E-state index in [9.17, 15) is 4.79 Å². The molecule has 66 valence electrons. The Bertz CT molecular complexity index is 407. The first-order chi connectivity index (χ1) is 6.06. The summed E-state index contributed by atoms with van der Waals surface area (Å²) in [5.74, 6) is -1.01. The zero-order valence-corrected chi connectivity index (χ0v) is 6.90. The van der Waals surface area contributed by atoms with Crippen molar-refractivity contribution in [2.45, 2.75) is 6.92 Å². The average molecular weight is 177 g/mol. The number of nitriles is 1. The van der Waals surface area contributed by atoms with Gasteiger partial charge in [-0.25, -0.2) is 9.78 Å². The van der Waals surface area contributed by atoms with Crippen molar-refractivity contribution in [1.82, 2.24) is 4.98 Å². The Labute approximate surface area is 74.4 Å². The first kappa shape index (κ1) is 9.00. The van der Waals surface area contributed by atoms with Crippen LogP contribution in [0.5, 0.6) is 0 Å². The van der Waals surface area contributed by atoms with Crippen molar-refractivity contribution in [2.75, 3.05) is 5.73 Å². The van der Waals surface area contributed by atoms with Crippen molar-refractivity contribution >= 4 is 11.8 Å². The predicted molar refractivity (Wildman–Crippen MR) is 45.1 cm³/mol. The maximum Gasteiger partial charge on any atom is 0.338 e. The van der Waals surface area contributed by atoms with Gasteiger partial charge in [0.2, 0.25) is 0 Å². The van der Waals surface area contributed by atoms with Gasteiger partial charge in [0.25, 0.3) is 0 Å². The fourth-order valence-electron chi connectivity index (χ4n) is 1.05. The van der Waals surface area contributed by atoms with E-state index >= 15 is 0 Å². The van der Waals surface area contributed by atoms with Crippen molar-refractivity contribution in [3.63, 3.8) is 0 Å². The molecule has 0 spiro atoms. The highest BCUT2D eigenvalue weighted by Gasteiger charge is 2.14. The number of nitrogens with zero attached hydrogens (tertiary/aromatic N) is 2. The van der Waals surface area contributed by atoms with E-state index < -0.39 is 5.97 Å². The van der Waals surface area contributed by atoms with Crippen molar-refractivity contribution in [3.8, 4) is 6.07 Å². The predicted octanol–water partition coefficient (Wildman–Crippen LogP) is 0.542. The Kier molecular flexibility index (Phi) is 2.15. The minimum Gasteiger partial charge on any atom is -0.478 e. The molecule has 0 amide bonds. The summed E-state index contributed by atoms with van der Waals surface area (Å²) in [6, 6.07) is 3.11. The molecule has 0 aromatic carbocycles. The molecule has 1 heterocycles. The zero-order chi connectivity index (χ0) is 10.0. The SMILES string of the molecule is Cc1cc(N)nc(C#N)c1C(=O)O.